The molecule has 1 aliphatic heterocycles. The summed E-state index contributed by atoms with van der Waals surface area (Å²) in [6.45, 7) is 3.81. The molecule has 0 saturated heterocycles. The van der Waals surface area contributed by atoms with Crippen molar-refractivity contribution in [3.05, 3.63) is 51.5 Å². The minimum Gasteiger partial charge on any atom is -0.369 e. The van der Waals surface area contributed by atoms with Crippen molar-refractivity contribution in [2.45, 2.75) is 32.2 Å². The van der Waals surface area contributed by atoms with Crippen molar-refractivity contribution in [1.29, 1.82) is 0 Å². The van der Waals surface area contributed by atoms with Crippen molar-refractivity contribution in [1.82, 2.24) is 9.88 Å². The fourth-order valence-electron chi connectivity index (χ4n) is 2.78. The smallest absolute Gasteiger partial charge is 0.231 e. The number of aromatic nitrogens is 1. The first-order valence-corrected chi connectivity index (χ1v) is 8.82. The summed E-state index contributed by atoms with van der Waals surface area (Å²) in [7, 11) is 1.60. The number of carbonyl (C=O) groups is 2. The highest BCUT2D eigenvalue weighted by Crippen LogP contribution is 2.32. The Morgan fingerprint density at radius 3 is 2.84 bits per heavy atom. The fourth-order valence-corrected chi connectivity index (χ4v) is 3.62. The standard InChI is InChI=1S/C18H20N4O2S/c1-11-6-14(25-10-11)13(23)7-12-4-5-20-15(8-12)18(2)9-16(24)22(3)17(19)21-18/h4-6,8,10H,7,9H2,1-3H3,(H2,19,21). The average molecular weight is 356 g/mol. The normalized spacial score (nSPS) is 20.5. The minimum absolute atomic E-state index is 0.0721. The first-order chi connectivity index (χ1) is 11.8. The summed E-state index contributed by atoms with van der Waals surface area (Å²) < 4.78 is 0. The molecule has 1 atom stereocenters. The van der Waals surface area contributed by atoms with Crippen LogP contribution in [0.1, 0.15) is 39.8 Å². The van der Waals surface area contributed by atoms with Crippen LogP contribution in [-0.4, -0.2) is 34.6 Å². The summed E-state index contributed by atoms with van der Waals surface area (Å²) in [6.07, 6.45) is 2.13. The molecule has 7 heteroatoms. The van der Waals surface area contributed by atoms with Gasteiger partial charge in [0, 0.05) is 19.7 Å². The molecule has 3 heterocycles. The molecule has 1 unspecified atom stereocenters. The maximum atomic E-state index is 12.4. The predicted molar refractivity (Wildman–Crippen MR) is 97.7 cm³/mol. The zero-order valence-corrected chi connectivity index (χ0v) is 15.3. The molecular weight excluding hydrogens is 336 g/mol. The molecular formula is C18H20N4O2S. The number of pyridine rings is 1. The Morgan fingerprint density at radius 1 is 1.44 bits per heavy atom. The number of hydrogen-bond acceptors (Lipinski definition) is 6. The summed E-state index contributed by atoms with van der Waals surface area (Å²) in [4.78, 5) is 35.5. The summed E-state index contributed by atoms with van der Waals surface area (Å²) in [5.74, 6) is 0.145. The SMILES string of the molecule is Cc1csc(C(=O)Cc2ccnc(C3(C)CC(=O)N(C)C(N)=N3)c2)c1. The number of rotatable bonds is 4. The Balaban J connectivity index is 1.87. The second-order valence-electron chi connectivity index (χ2n) is 6.51. The van der Waals surface area contributed by atoms with Crippen LogP contribution in [0.2, 0.25) is 0 Å². The molecule has 0 spiro atoms. The Hall–Kier alpha value is -2.54. The Bertz CT molecular complexity index is 873. The van der Waals surface area contributed by atoms with Gasteiger partial charge < -0.3 is 5.73 Å². The van der Waals surface area contributed by atoms with Crippen LogP contribution in [0.25, 0.3) is 0 Å². The zero-order valence-electron chi connectivity index (χ0n) is 14.4. The summed E-state index contributed by atoms with van der Waals surface area (Å²) in [6, 6.07) is 5.56. The van der Waals surface area contributed by atoms with Gasteiger partial charge in [0.25, 0.3) is 0 Å². The van der Waals surface area contributed by atoms with Crippen molar-refractivity contribution >= 4 is 29.0 Å². The monoisotopic (exact) mass is 356 g/mol. The number of ketones is 1. The Labute approximate surface area is 150 Å². The van der Waals surface area contributed by atoms with Gasteiger partial charge >= 0.3 is 0 Å². The number of amides is 1. The molecule has 0 saturated carbocycles. The van der Waals surface area contributed by atoms with Crippen LogP contribution in [0, 0.1) is 6.92 Å². The molecule has 130 valence electrons. The third kappa shape index (κ3) is 3.46. The Morgan fingerprint density at radius 2 is 2.20 bits per heavy atom. The second-order valence-corrected chi connectivity index (χ2v) is 7.42. The lowest BCUT2D eigenvalue weighted by atomic mass is 9.90. The zero-order chi connectivity index (χ0) is 18.2. The molecule has 0 bridgehead atoms. The number of nitrogens with two attached hydrogens (primary N) is 1. The highest BCUT2D eigenvalue weighted by Gasteiger charge is 2.37. The van der Waals surface area contributed by atoms with Crippen LogP contribution in [0.15, 0.2) is 34.8 Å². The van der Waals surface area contributed by atoms with Gasteiger partial charge in [-0.2, -0.15) is 0 Å². The highest BCUT2D eigenvalue weighted by atomic mass is 32.1. The lowest BCUT2D eigenvalue weighted by molar-refractivity contribution is -0.128. The van der Waals surface area contributed by atoms with Gasteiger partial charge in [0.1, 0.15) is 5.54 Å². The van der Waals surface area contributed by atoms with Gasteiger partial charge in [0.15, 0.2) is 11.7 Å². The number of aryl methyl sites for hydroxylation is 1. The third-order valence-electron chi connectivity index (χ3n) is 4.32. The maximum Gasteiger partial charge on any atom is 0.231 e. The quantitative estimate of drug-likeness (QED) is 0.851. The summed E-state index contributed by atoms with van der Waals surface area (Å²) >= 11 is 1.46. The number of hydrogen-bond donors (Lipinski definition) is 1. The summed E-state index contributed by atoms with van der Waals surface area (Å²) in [5, 5.41) is 1.97. The molecule has 25 heavy (non-hydrogen) atoms. The van der Waals surface area contributed by atoms with Gasteiger partial charge in [-0.25, -0.2) is 4.99 Å². The van der Waals surface area contributed by atoms with E-state index in [9.17, 15) is 9.59 Å². The van der Waals surface area contributed by atoms with Gasteiger partial charge in [-0.15, -0.1) is 11.3 Å². The van der Waals surface area contributed by atoms with Gasteiger partial charge in [-0.05, 0) is 48.6 Å². The van der Waals surface area contributed by atoms with Gasteiger partial charge in [0.2, 0.25) is 5.91 Å². The van der Waals surface area contributed by atoms with E-state index < -0.39 is 5.54 Å². The van der Waals surface area contributed by atoms with Crippen molar-refractivity contribution in [3.8, 4) is 0 Å². The molecule has 1 aliphatic rings. The number of guanidine groups is 1. The van der Waals surface area contributed by atoms with E-state index >= 15 is 0 Å². The lowest BCUT2D eigenvalue weighted by Gasteiger charge is -2.32. The number of Topliss-reactive ketones (excluding diaryl/α,β-unsaturated/α-hetero) is 1. The number of nitrogens with zero attached hydrogens (tertiary/aromatic N) is 3. The molecule has 2 aromatic rings. The van der Waals surface area contributed by atoms with Crippen molar-refractivity contribution in [3.63, 3.8) is 0 Å². The Kier molecular flexibility index (Phi) is 4.43. The summed E-state index contributed by atoms with van der Waals surface area (Å²) in [5.41, 5.74) is 7.62. The topological polar surface area (TPSA) is 88.7 Å². The second kappa shape index (κ2) is 6.40. The fraction of sp³-hybridized carbons (Fsp3) is 0.333. The van der Waals surface area contributed by atoms with Gasteiger partial charge in [-0.3, -0.25) is 19.5 Å². The first kappa shape index (κ1) is 17.3. The molecule has 0 aliphatic carbocycles. The molecule has 0 radical (unpaired) electrons. The molecule has 0 fully saturated rings. The van der Waals surface area contributed by atoms with Gasteiger partial charge in [-0.1, -0.05) is 0 Å². The lowest BCUT2D eigenvalue weighted by Crippen LogP contribution is -2.47. The van der Waals surface area contributed by atoms with E-state index in [2.05, 4.69) is 9.98 Å². The number of thiophene rings is 1. The van der Waals surface area contributed by atoms with Crippen LogP contribution in [-0.2, 0) is 16.8 Å². The maximum absolute atomic E-state index is 12.4. The number of aliphatic imine (C=N–C) groups is 1. The van der Waals surface area contributed by atoms with Crippen LogP contribution in [0.5, 0.6) is 0 Å². The highest BCUT2D eigenvalue weighted by molar-refractivity contribution is 7.12. The van der Waals surface area contributed by atoms with E-state index in [1.54, 1.807) is 13.2 Å². The van der Waals surface area contributed by atoms with Crippen molar-refractivity contribution in [2.24, 2.45) is 10.7 Å². The van der Waals surface area contributed by atoms with E-state index in [4.69, 9.17) is 5.73 Å². The molecule has 2 N–H and O–H groups in total. The van der Waals surface area contributed by atoms with Crippen molar-refractivity contribution in [2.75, 3.05) is 7.05 Å². The average Bonchev–Trinajstić information content (AvgIpc) is 2.99. The molecule has 6 nitrogen and oxygen atoms in total. The van der Waals surface area contributed by atoms with Crippen LogP contribution >= 0.6 is 11.3 Å². The molecule has 1 amide bonds. The largest absolute Gasteiger partial charge is 0.369 e. The van der Waals surface area contributed by atoms with Crippen molar-refractivity contribution < 1.29 is 9.59 Å². The van der Waals surface area contributed by atoms with E-state index in [1.165, 1.54) is 16.2 Å². The van der Waals surface area contributed by atoms with Crippen LogP contribution in [0.3, 0.4) is 0 Å². The molecule has 2 aromatic heterocycles. The minimum atomic E-state index is -0.813. The molecule has 0 aromatic carbocycles. The third-order valence-corrected chi connectivity index (χ3v) is 5.41. The van der Waals surface area contributed by atoms with Crippen LogP contribution < -0.4 is 5.73 Å². The van der Waals surface area contributed by atoms with E-state index in [0.29, 0.717) is 12.1 Å². The molecule has 3 rings (SSSR count). The predicted octanol–water partition coefficient (Wildman–Crippen LogP) is 2.27. The van der Waals surface area contributed by atoms with E-state index in [1.807, 2.05) is 37.4 Å². The van der Waals surface area contributed by atoms with Crippen LogP contribution in [0.4, 0.5) is 0 Å². The van der Waals surface area contributed by atoms with E-state index in [-0.39, 0.29) is 24.1 Å². The van der Waals surface area contributed by atoms with E-state index in [0.717, 1.165) is 16.0 Å². The first-order valence-electron chi connectivity index (χ1n) is 7.94. The number of carbonyl (C=O) groups excluding carboxylic acids is 2. The van der Waals surface area contributed by atoms with Gasteiger partial charge in [0.05, 0.1) is 17.0 Å².